The number of amides is 1. The minimum atomic E-state index is -2.95. The van der Waals surface area contributed by atoms with Crippen LogP contribution >= 0.6 is 0 Å². The minimum absolute atomic E-state index is 0.0290. The maximum absolute atomic E-state index is 14.5. The number of aromatic nitrogens is 1. The molecule has 2 saturated heterocycles. The summed E-state index contributed by atoms with van der Waals surface area (Å²) in [6.45, 7) is 6.62. The second-order valence-corrected chi connectivity index (χ2v) is 9.22. The molecule has 204 valence electrons. The van der Waals surface area contributed by atoms with E-state index in [1.807, 2.05) is 20.9 Å². The third-order valence-corrected chi connectivity index (χ3v) is 6.77. The molecule has 2 fully saturated rings. The van der Waals surface area contributed by atoms with Crippen LogP contribution in [0.5, 0.6) is 0 Å². The Balaban J connectivity index is 0.00000186. The number of rotatable bonds is 7. The number of pyridine rings is 1. The van der Waals surface area contributed by atoms with Crippen molar-refractivity contribution in [2.45, 2.75) is 64.6 Å². The highest BCUT2D eigenvalue weighted by Crippen LogP contribution is 2.25. The van der Waals surface area contributed by atoms with E-state index in [0.717, 1.165) is 32.0 Å². The highest BCUT2D eigenvalue weighted by Gasteiger charge is 2.24. The van der Waals surface area contributed by atoms with E-state index in [1.54, 1.807) is 10.8 Å². The molecule has 0 atom stereocenters. The van der Waals surface area contributed by atoms with E-state index >= 15 is 0 Å². The summed E-state index contributed by atoms with van der Waals surface area (Å²) in [7, 11) is 2.05. The second-order valence-electron chi connectivity index (χ2n) is 9.22. The quantitative estimate of drug-likeness (QED) is 0.550. The van der Waals surface area contributed by atoms with Gasteiger partial charge in [-0.25, -0.2) is 13.2 Å². The number of benzene rings is 1. The van der Waals surface area contributed by atoms with Gasteiger partial charge in [-0.05, 0) is 45.8 Å². The summed E-state index contributed by atoms with van der Waals surface area (Å²) >= 11 is 0. The number of hydrogen-bond acceptors (Lipinski definition) is 5. The van der Waals surface area contributed by atoms with Crippen molar-refractivity contribution in [2.24, 2.45) is 0 Å². The Morgan fingerprint density at radius 3 is 2.46 bits per heavy atom. The van der Waals surface area contributed by atoms with Gasteiger partial charge in [-0.3, -0.25) is 9.59 Å². The molecule has 0 unspecified atom stereocenters. The van der Waals surface area contributed by atoms with Crippen LogP contribution in [0.4, 0.5) is 18.9 Å². The van der Waals surface area contributed by atoms with Crippen molar-refractivity contribution < 1.29 is 22.7 Å². The Morgan fingerprint density at radius 2 is 1.81 bits per heavy atom. The number of likely N-dealkylation sites (tertiary alicyclic amines) is 1. The zero-order valence-corrected chi connectivity index (χ0v) is 21.7. The van der Waals surface area contributed by atoms with Crippen molar-refractivity contribution in [3.8, 4) is 0 Å². The summed E-state index contributed by atoms with van der Waals surface area (Å²) in [5, 5.41) is 6.00. The molecule has 0 aliphatic carbocycles. The first kappa shape index (κ1) is 28.7. The molecule has 7 nitrogen and oxygen atoms in total. The van der Waals surface area contributed by atoms with Crippen LogP contribution in [-0.4, -0.2) is 54.8 Å². The largest absolute Gasteiger partial charge is 0.381 e. The van der Waals surface area contributed by atoms with Gasteiger partial charge in [-0.1, -0.05) is 32.0 Å². The van der Waals surface area contributed by atoms with Gasteiger partial charge in [-0.15, -0.1) is 0 Å². The van der Waals surface area contributed by atoms with Crippen LogP contribution in [0.1, 0.15) is 73.5 Å². The molecule has 0 bridgehead atoms. The second kappa shape index (κ2) is 13.6. The summed E-state index contributed by atoms with van der Waals surface area (Å²) in [6, 6.07) is 5.20. The molecule has 2 aromatic rings. The number of carbonyl (C=O) groups excluding carboxylic acids is 1. The molecule has 0 radical (unpaired) electrons. The van der Waals surface area contributed by atoms with Crippen LogP contribution < -0.4 is 16.2 Å². The smallest absolute Gasteiger partial charge is 0.266 e. The molecule has 3 heterocycles. The Hall–Kier alpha value is -2.85. The third-order valence-electron chi connectivity index (χ3n) is 6.77. The van der Waals surface area contributed by atoms with E-state index in [0.29, 0.717) is 31.7 Å². The van der Waals surface area contributed by atoms with Crippen molar-refractivity contribution in [3.63, 3.8) is 0 Å². The minimum Gasteiger partial charge on any atom is -0.381 e. The number of alkyl halides is 2. The fourth-order valence-electron chi connectivity index (χ4n) is 4.65. The molecule has 2 aliphatic heterocycles. The fraction of sp³-hybridized carbons (Fsp3) is 0.556. The normalized spacial score (nSPS) is 17.3. The van der Waals surface area contributed by atoms with E-state index in [2.05, 4.69) is 15.5 Å². The van der Waals surface area contributed by atoms with E-state index in [-0.39, 0.29) is 35.3 Å². The number of ether oxygens (including phenoxy) is 1. The predicted octanol–water partition coefficient (Wildman–Crippen LogP) is 4.74. The maximum Gasteiger partial charge on any atom is 0.266 e. The number of piperidine rings is 1. The van der Waals surface area contributed by atoms with Crippen LogP contribution in [0, 0.1) is 5.82 Å². The first-order valence-electron chi connectivity index (χ1n) is 13.0. The first-order valence-corrected chi connectivity index (χ1v) is 13.0. The van der Waals surface area contributed by atoms with Gasteiger partial charge in [0, 0.05) is 49.7 Å². The zero-order valence-electron chi connectivity index (χ0n) is 21.7. The van der Waals surface area contributed by atoms with Crippen molar-refractivity contribution in [1.29, 1.82) is 0 Å². The number of halogens is 3. The van der Waals surface area contributed by atoms with Crippen LogP contribution in [0.2, 0.25) is 0 Å². The molecule has 1 aromatic carbocycles. The van der Waals surface area contributed by atoms with Gasteiger partial charge in [0.05, 0.1) is 16.8 Å². The Bertz CT molecular complexity index is 1090. The number of carbonyl (C=O) groups is 1. The predicted molar refractivity (Wildman–Crippen MR) is 138 cm³/mol. The average Bonchev–Trinajstić information content (AvgIpc) is 2.91. The SMILES string of the molecule is CC.CN1CCC(Nc2cc(=O)n(C3CCOCC3)cc2C(=O)NCc2cccc(C(F)F)c2F)CC1. The monoisotopic (exact) mass is 522 g/mol. The van der Waals surface area contributed by atoms with E-state index in [4.69, 9.17) is 4.74 Å². The molecular formula is C27H37F3N4O3. The molecule has 4 rings (SSSR count). The van der Waals surface area contributed by atoms with E-state index < -0.39 is 23.7 Å². The summed E-state index contributed by atoms with van der Waals surface area (Å²) in [5.74, 6) is -1.54. The highest BCUT2D eigenvalue weighted by molar-refractivity contribution is 5.99. The molecule has 1 aromatic heterocycles. The van der Waals surface area contributed by atoms with E-state index in [9.17, 15) is 22.8 Å². The van der Waals surface area contributed by atoms with Crippen molar-refractivity contribution in [1.82, 2.24) is 14.8 Å². The van der Waals surface area contributed by atoms with Gasteiger partial charge in [-0.2, -0.15) is 0 Å². The van der Waals surface area contributed by atoms with Gasteiger partial charge in [0.1, 0.15) is 5.82 Å². The van der Waals surface area contributed by atoms with Crippen LogP contribution in [-0.2, 0) is 11.3 Å². The molecule has 1 amide bonds. The van der Waals surface area contributed by atoms with Gasteiger partial charge in [0.25, 0.3) is 17.9 Å². The lowest BCUT2D eigenvalue weighted by Crippen LogP contribution is -2.38. The lowest BCUT2D eigenvalue weighted by molar-refractivity contribution is 0.0685. The van der Waals surface area contributed by atoms with Crippen molar-refractivity contribution in [3.05, 3.63) is 63.3 Å². The van der Waals surface area contributed by atoms with Crippen LogP contribution in [0.25, 0.3) is 0 Å². The van der Waals surface area contributed by atoms with Gasteiger partial charge < -0.3 is 24.8 Å². The number of hydrogen-bond donors (Lipinski definition) is 2. The summed E-state index contributed by atoms with van der Waals surface area (Å²) in [5.41, 5.74) is -0.250. The van der Waals surface area contributed by atoms with Crippen LogP contribution in [0.3, 0.4) is 0 Å². The van der Waals surface area contributed by atoms with Crippen LogP contribution in [0.15, 0.2) is 35.3 Å². The van der Waals surface area contributed by atoms with Crippen molar-refractivity contribution >= 4 is 11.6 Å². The Kier molecular flexibility index (Phi) is 10.6. The summed E-state index contributed by atoms with van der Waals surface area (Å²) in [6.07, 6.45) is 1.66. The zero-order chi connectivity index (χ0) is 26.9. The van der Waals surface area contributed by atoms with Crippen molar-refractivity contribution in [2.75, 3.05) is 38.7 Å². The molecule has 2 N–H and O–H groups in total. The Labute approximate surface area is 216 Å². The number of nitrogens with one attached hydrogen (secondary N) is 2. The Morgan fingerprint density at radius 1 is 1.14 bits per heavy atom. The summed E-state index contributed by atoms with van der Waals surface area (Å²) in [4.78, 5) is 28.4. The molecule has 37 heavy (non-hydrogen) atoms. The molecular weight excluding hydrogens is 485 g/mol. The number of nitrogens with zero attached hydrogens (tertiary/aromatic N) is 2. The standard InChI is InChI=1S/C25H31F3N4O3.C2H6/c1-31-9-5-17(6-10-31)30-21-13-22(33)32(18-7-11-35-12-8-18)15-20(21)25(34)29-14-16-3-2-4-19(23(16)26)24(27)28;1-2/h2-4,13,15,17-18,24,30H,5-12,14H2,1H3,(H,29,34);1-2H3. The lowest BCUT2D eigenvalue weighted by atomic mass is 10.0. The number of anilines is 1. The molecule has 10 heteroatoms. The summed E-state index contributed by atoms with van der Waals surface area (Å²) < 4.78 is 47.5. The lowest BCUT2D eigenvalue weighted by Gasteiger charge is -2.31. The third kappa shape index (κ3) is 7.35. The maximum atomic E-state index is 14.5. The molecule has 0 saturated carbocycles. The van der Waals surface area contributed by atoms with E-state index in [1.165, 1.54) is 18.2 Å². The molecule has 2 aliphatic rings. The highest BCUT2D eigenvalue weighted by atomic mass is 19.3. The molecule has 0 spiro atoms. The van der Waals surface area contributed by atoms with Gasteiger partial charge >= 0.3 is 0 Å². The average molecular weight is 523 g/mol. The van der Waals surface area contributed by atoms with Gasteiger partial charge in [0.15, 0.2) is 0 Å². The fourth-order valence-corrected chi connectivity index (χ4v) is 4.65. The topological polar surface area (TPSA) is 75.6 Å². The first-order chi connectivity index (χ1) is 17.8. The van der Waals surface area contributed by atoms with Gasteiger partial charge in [0.2, 0.25) is 0 Å².